The van der Waals surface area contributed by atoms with E-state index >= 15 is 0 Å². The Balaban J connectivity index is 1.47. The molecule has 0 radical (unpaired) electrons. The highest BCUT2D eigenvalue weighted by atomic mass is 32.2. The van der Waals surface area contributed by atoms with Gasteiger partial charge >= 0.3 is 0 Å². The van der Waals surface area contributed by atoms with Gasteiger partial charge in [0.1, 0.15) is 0 Å². The van der Waals surface area contributed by atoms with E-state index in [9.17, 15) is 8.42 Å². The van der Waals surface area contributed by atoms with Crippen molar-refractivity contribution in [2.45, 2.75) is 17.9 Å². The third-order valence-corrected chi connectivity index (χ3v) is 5.76. The molecule has 0 spiro atoms. The lowest BCUT2D eigenvalue weighted by molar-refractivity contribution is 0.602. The molecule has 0 amide bonds. The van der Waals surface area contributed by atoms with Crippen molar-refractivity contribution in [3.05, 3.63) is 53.3 Å². The molecule has 3 aromatic rings. The van der Waals surface area contributed by atoms with Crippen molar-refractivity contribution in [3.63, 3.8) is 0 Å². The summed E-state index contributed by atoms with van der Waals surface area (Å²) in [4.78, 5) is 10.0. The summed E-state index contributed by atoms with van der Waals surface area (Å²) in [7, 11) is -1.42. The van der Waals surface area contributed by atoms with Crippen molar-refractivity contribution in [3.8, 4) is 0 Å². The number of thiazole rings is 1. The Hall–Kier alpha value is -2.39. The minimum Gasteiger partial charge on any atom is -0.356 e. The van der Waals surface area contributed by atoms with Gasteiger partial charge in [-0.1, -0.05) is 12.1 Å². The zero-order valence-corrected chi connectivity index (χ0v) is 16.3. The predicted octanol–water partition coefficient (Wildman–Crippen LogP) is 1.71. The molecule has 0 atom stereocenters. The fraction of sp³-hybridized carbons (Fsp3) is 0.294. The average molecular weight is 392 g/mol. The van der Waals surface area contributed by atoms with Crippen LogP contribution in [0.4, 0.5) is 0 Å². The van der Waals surface area contributed by atoms with Crippen LogP contribution in [-0.4, -0.2) is 43.6 Å². The van der Waals surface area contributed by atoms with Gasteiger partial charge in [-0.2, -0.15) is 0 Å². The second-order valence-electron chi connectivity index (χ2n) is 5.84. The van der Waals surface area contributed by atoms with Crippen molar-refractivity contribution in [1.82, 2.24) is 20.0 Å². The first-order valence-corrected chi connectivity index (χ1v) is 10.9. The summed E-state index contributed by atoms with van der Waals surface area (Å²) in [5.41, 5.74) is 2.02. The number of rotatable bonds is 6. The van der Waals surface area contributed by atoms with E-state index in [1.807, 2.05) is 34.3 Å². The first kappa shape index (κ1) is 18.4. The molecule has 0 saturated carbocycles. The van der Waals surface area contributed by atoms with Gasteiger partial charge in [-0.15, -0.1) is 11.3 Å². The number of hydrogen-bond donors (Lipinski definition) is 2. The number of nitrogens with zero attached hydrogens (tertiary/aromatic N) is 3. The van der Waals surface area contributed by atoms with Crippen molar-refractivity contribution >= 4 is 32.1 Å². The van der Waals surface area contributed by atoms with Gasteiger partial charge in [-0.3, -0.25) is 9.39 Å². The van der Waals surface area contributed by atoms with Crippen molar-refractivity contribution < 1.29 is 8.42 Å². The van der Waals surface area contributed by atoms with Gasteiger partial charge in [0.05, 0.1) is 17.1 Å². The molecule has 7 nitrogen and oxygen atoms in total. The van der Waals surface area contributed by atoms with Crippen LogP contribution in [0.2, 0.25) is 0 Å². The van der Waals surface area contributed by atoms with Crippen LogP contribution in [0.25, 0.3) is 4.96 Å². The fourth-order valence-corrected chi connectivity index (χ4v) is 3.83. The smallest absolute Gasteiger partial charge is 0.193 e. The van der Waals surface area contributed by atoms with Crippen LogP contribution in [0.3, 0.4) is 0 Å². The molecule has 26 heavy (non-hydrogen) atoms. The maximum Gasteiger partial charge on any atom is 0.193 e. The van der Waals surface area contributed by atoms with Gasteiger partial charge in [0.15, 0.2) is 20.8 Å². The van der Waals surface area contributed by atoms with Gasteiger partial charge in [0.25, 0.3) is 0 Å². The first-order chi connectivity index (χ1) is 12.5. The maximum atomic E-state index is 11.5. The van der Waals surface area contributed by atoms with Crippen LogP contribution in [-0.2, 0) is 22.8 Å². The van der Waals surface area contributed by atoms with Crippen molar-refractivity contribution in [1.29, 1.82) is 0 Å². The summed E-state index contributed by atoms with van der Waals surface area (Å²) in [6.45, 7) is 1.29. The minimum atomic E-state index is -3.15. The summed E-state index contributed by atoms with van der Waals surface area (Å²) in [5, 5.41) is 8.49. The predicted molar refractivity (Wildman–Crippen MR) is 105 cm³/mol. The van der Waals surface area contributed by atoms with Gasteiger partial charge in [-0.25, -0.2) is 13.4 Å². The highest BCUT2D eigenvalue weighted by Gasteiger charge is 2.07. The Kier molecular flexibility index (Phi) is 5.58. The number of aromatic nitrogens is 2. The third kappa shape index (κ3) is 4.61. The van der Waals surface area contributed by atoms with E-state index in [-0.39, 0.29) is 0 Å². The highest BCUT2D eigenvalue weighted by molar-refractivity contribution is 7.90. The Morgan fingerprint density at radius 3 is 2.69 bits per heavy atom. The van der Waals surface area contributed by atoms with E-state index in [1.165, 1.54) is 6.26 Å². The summed E-state index contributed by atoms with van der Waals surface area (Å²) in [6, 6.07) is 6.96. The molecule has 2 heterocycles. The Labute approximate surface area is 156 Å². The molecule has 9 heteroatoms. The Morgan fingerprint density at radius 2 is 2.04 bits per heavy atom. The van der Waals surface area contributed by atoms with E-state index in [1.54, 1.807) is 30.5 Å². The number of hydrogen-bond acceptors (Lipinski definition) is 5. The molecule has 0 bridgehead atoms. The lowest BCUT2D eigenvalue weighted by atomic mass is 10.1. The number of sulfone groups is 1. The monoisotopic (exact) mass is 391 g/mol. The topological polar surface area (TPSA) is 87.9 Å². The quantitative estimate of drug-likeness (QED) is 0.493. The minimum absolute atomic E-state index is 0.339. The third-order valence-electron chi connectivity index (χ3n) is 3.86. The zero-order valence-electron chi connectivity index (χ0n) is 14.6. The Bertz CT molecular complexity index is 975. The maximum absolute atomic E-state index is 11.5. The van der Waals surface area contributed by atoms with Gasteiger partial charge < -0.3 is 10.6 Å². The fourth-order valence-electron chi connectivity index (χ4n) is 2.48. The first-order valence-electron chi connectivity index (χ1n) is 8.10. The molecular formula is C17H21N5O2S2. The standard InChI is InChI=1S/C17H21N5O2S2/c1-18-16(20-11-14-12-22-9-10-25-17(22)21-14)19-8-7-13-3-5-15(6-4-13)26(2,23)24/h3-6,9-10,12H,7-8,11H2,1-2H3,(H2,18,19,20). The van der Waals surface area contributed by atoms with Gasteiger partial charge in [0, 0.05) is 37.6 Å². The summed E-state index contributed by atoms with van der Waals surface area (Å²) < 4.78 is 24.9. The number of benzene rings is 1. The summed E-state index contributed by atoms with van der Waals surface area (Å²) >= 11 is 1.60. The SMILES string of the molecule is CN=C(NCCc1ccc(S(C)(=O)=O)cc1)NCc1cn2ccsc2n1. The van der Waals surface area contributed by atoms with Crippen LogP contribution >= 0.6 is 11.3 Å². The van der Waals surface area contributed by atoms with Crippen LogP contribution in [0, 0.1) is 0 Å². The second-order valence-corrected chi connectivity index (χ2v) is 8.73. The van der Waals surface area contributed by atoms with E-state index in [2.05, 4.69) is 20.6 Å². The van der Waals surface area contributed by atoms with Crippen molar-refractivity contribution in [2.75, 3.05) is 19.8 Å². The molecule has 2 aromatic heterocycles. The lowest BCUT2D eigenvalue weighted by Gasteiger charge is -2.11. The molecule has 0 saturated heterocycles. The molecular weight excluding hydrogens is 370 g/mol. The van der Waals surface area contributed by atoms with Crippen LogP contribution < -0.4 is 10.6 Å². The van der Waals surface area contributed by atoms with Crippen LogP contribution in [0.5, 0.6) is 0 Å². The van der Waals surface area contributed by atoms with E-state index in [0.717, 1.165) is 22.6 Å². The largest absolute Gasteiger partial charge is 0.356 e. The summed E-state index contributed by atoms with van der Waals surface area (Å²) in [6.07, 6.45) is 5.96. The molecule has 1 aromatic carbocycles. The zero-order chi connectivity index (χ0) is 18.6. The molecule has 2 N–H and O–H groups in total. The van der Waals surface area contributed by atoms with Crippen LogP contribution in [0.15, 0.2) is 51.9 Å². The second kappa shape index (κ2) is 7.88. The normalized spacial score (nSPS) is 12.5. The van der Waals surface area contributed by atoms with Crippen LogP contribution in [0.1, 0.15) is 11.3 Å². The Morgan fingerprint density at radius 1 is 1.27 bits per heavy atom. The lowest BCUT2D eigenvalue weighted by Crippen LogP contribution is -2.37. The number of fused-ring (bicyclic) bond motifs is 1. The summed E-state index contributed by atoms with van der Waals surface area (Å²) in [5.74, 6) is 0.703. The highest BCUT2D eigenvalue weighted by Crippen LogP contribution is 2.11. The number of guanidine groups is 1. The molecule has 3 rings (SSSR count). The van der Waals surface area contributed by atoms with Gasteiger partial charge in [0.2, 0.25) is 0 Å². The number of aliphatic imine (C=N–C) groups is 1. The number of imidazole rings is 1. The molecule has 0 aliphatic heterocycles. The number of nitrogens with one attached hydrogen (secondary N) is 2. The molecule has 0 unspecified atom stereocenters. The molecule has 0 aliphatic carbocycles. The van der Waals surface area contributed by atoms with E-state index < -0.39 is 9.84 Å². The van der Waals surface area contributed by atoms with Crippen molar-refractivity contribution in [2.24, 2.45) is 4.99 Å². The average Bonchev–Trinajstić information content (AvgIpc) is 3.19. The molecule has 0 fully saturated rings. The van der Waals surface area contributed by atoms with E-state index in [4.69, 9.17) is 0 Å². The van der Waals surface area contributed by atoms with E-state index in [0.29, 0.717) is 23.9 Å². The van der Waals surface area contributed by atoms with Gasteiger partial charge in [-0.05, 0) is 24.1 Å². The molecule has 0 aliphatic rings. The molecule has 138 valence electrons.